The number of nitriles is 1. The van der Waals surface area contributed by atoms with Gasteiger partial charge < -0.3 is 5.73 Å². The third kappa shape index (κ3) is 3.78. The lowest BCUT2D eigenvalue weighted by Gasteiger charge is -2.08. The monoisotopic (exact) mass is 322 g/mol. The first-order valence-electron chi connectivity index (χ1n) is 6.12. The van der Waals surface area contributed by atoms with E-state index in [4.69, 9.17) is 11.0 Å². The number of nitrogens with zero attached hydrogens (tertiary/aromatic N) is 2. The van der Waals surface area contributed by atoms with Crippen LogP contribution in [-0.2, 0) is 16.4 Å². The van der Waals surface area contributed by atoms with Gasteiger partial charge in [0.15, 0.2) is 0 Å². The number of aromatic nitrogens is 1. The molecule has 1 aromatic heterocycles. The molecule has 3 N–H and O–H groups in total. The lowest BCUT2D eigenvalue weighted by Crippen LogP contribution is -2.26. The Kier molecular flexibility index (Phi) is 4.57. The molecule has 0 bridgehead atoms. The van der Waals surface area contributed by atoms with E-state index in [1.807, 2.05) is 18.4 Å². The SMILES string of the molecule is Cc1csc(CCNS(=O)(=O)c2ccc(N)cc2C#N)n1. The molecule has 0 unspecified atom stereocenters. The number of nitrogens with one attached hydrogen (secondary N) is 1. The van der Waals surface area contributed by atoms with Crippen LogP contribution in [0, 0.1) is 18.3 Å². The summed E-state index contributed by atoms with van der Waals surface area (Å²) >= 11 is 1.49. The maximum absolute atomic E-state index is 12.2. The summed E-state index contributed by atoms with van der Waals surface area (Å²) in [5, 5.41) is 11.8. The first kappa shape index (κ1) is 15.4. The van der Waals surface area contributed by atoms with Crippen molar-refractivity contribution in [2.24, 2.45) is 0 Å². The number of anilines is 1. The van der Waals surface area contributed by atoms with Crippen LogP contribution in [0.25, 0.3) is 0 Å². The van der Waals surface area contributed by atoms with Gasteiger partial charge >= 0.3 is 0 Å². The second kappa shape index (κ2) is 6.22. The van der Waals surface area contributed by atoms with Crippen LogP contribution in [-0.4, -0.2) is 19.9 Å². The lowest BCUT2D eigenvalue weighted by molar-refractivity contribution is 0.581. The normalized spacial score (nSPS) is 11.2. The fourth-order valence-corrected chi connectivity index (χ4v) is 3.70. The Bertz CT molecular complexity index is 791. The van der Waals surface area contributed by atoms with E-state index < -0.39 is 10.0 Å². The molecule has 0 amide bonds. The summed E-state index contributed by atoms with van der Waals surface area (Å²) < 4.78 is 26.9. The van der Waals surface area contributed by atoms with Gasteiger partial charge in [-0.3, -0.25) is 0 Å². The van der Waals surface area contributed by atoms with Crippen LogP contribution >= 0.6 is 11.3 Å². The summed E-state index contributed by atoms with van der Waals surface area (Å²) in [4.78, 5) is 4.20. The van der Waals surface area contributed by atoms with E-state index in [-0.39, 0.29) is 17.0 Å². The molecule has 0 aliphatic rings. The molecule has 0 saturated heterocycles. The summed E-state index contributed by atoms with van der Waals surface area (Å²) in [6.07, 6.45) is 0.509. The molecule has 1 aromatic carbocycles. The molecule has 0 aliphatic heterocycles. The minimum absolute atomic E-state index is 0.0348. The molecule has 0 spiro atoms. The van der Waals surface area contributed by atoms with Crippen molar-refractivity contribution in [1.82, 2.24) is 9.71 Å². The molecule has 1 heterocycles. The summed E-state index contributed by atoms with van der Waals surface area (Å²) in [6, 6.07) is 5.99. The molecule has 110 valence electrons. The highest BCUT2D eigenvalue weighted by molar-refractivity contribution is 7.89. The summed E-state index contributed by atoms with van der Waals surface area (Å²) in [7, 11) is -3.73. The molecular formula is C13H14N4O2S2. The van der Waals surface area contributed by atoms with Gasteiger partial charge in [0, 0.05) is 29.7 Å². The van der Waals surface area contributed by atoms with E-state index in [0.29, 0.717) is 12.1 Å². The van der Waals surface area contributed by atoms with Crippen molar-refractivity contribution < 1.29 is 8.42 Å². The average molecular weight is 322 g/mol. The number of rotatable bonds is 5. The van der Waals surface area contributed by atoms with Gasteiger partial charge in [0.05, 0.1) is 15.5 Å². The maximum atomic E-state index is 12.2. The molecule has 0 saturated carbocycles. The van der Waals surface area contributed by atoms with E-state index in [9.17, 15) is 8.42 Å². The highest BCUT2D eigenvalue weighted by atomic mass is 32.2. The highest BCUT2D eigenvalue weighted by Crippen LogP contribution is 2.18. The van der Waals surface area contributed by atoms with Gasteiger partial charge in [-0.25, -0.2) is 18.1 Å². The van der Waals surface area contributed by atoms with Crippen LogP contribution in [0.3, 0.4) is 0 Å². The number of nitrogens with two attached hydrogens (primary N) is 1. The van der Waals surface area contributed by atoms with Crippen LogP contribution in [0.15, 0.2) is 28.5 Å². The first-order valence-corrected chi connectivity index (χ1v) is 8.49. The quantitative estimate of drug-likeness (QED) is 0.809. The molecule has 2 rings (SSSR count). The molecule has 6 nitrogen and oxygen atoms in total. The molecule has 0 aliphatic carbocycles. The predicted octanol–water partition coefficient (Wildman–Crippen LogP) is 1.43. The number of nitrogen functional groups attached to an aromatic ring is 1. The van der Waals surface area contributed by atoms with Gasteiger partial charge in [0.1, 0.15) is 6.07 Å². The largest absolute Gasteiger partial charge is 0.399 e. The minimum Gasteiger partial charge on any atom is -0.399 e. The molecular weight excluding hydrogens is 308 g/mol. The zero-order valence-electron chi connectivity index (χ0n) is 11.3. The fourth-order valence-electron chi connectivity index (χ4n) is 1.76. The van der Waals surface area contributed by atoms with E-state index in [1.54, 1.807) is 0 Å². The van der Waals surface area contributed by atoms with Crippen LogP contribution in [0.5, 0.6) is 0 Å². The Morgan fingerprint density at radius 1 is 1.48 bits per heavy atom. The Balaban J connectivity index is 2.10. The van der Waals surface area contributed by atoms with Gasteiger partial charge in [0.2, 0.25) is 10.0 Å². The van der Waals surface area contributed by atoms with Gasteiger partial charge in [0.25, 0.3) is 0 Å². The molecule has 2 aromatic rings. The van der Waals surface area contributed by atoms with Gasteiger partial charge in [-0.05, 0) is 25.1 Å². The zero-order valence-corrected chi connectivity index (χ0v) is 13.0. The van der Waals surface area contributed by atoms with Crippen molar-refractivity contribution in [3.05, 3.63) is 39.8 Å². The highest BCUT2D eigenvalue weighted by Gasteiger charge is 2.18. The fraction of sp³-hybridized carbons (Fsp3) is 0.231. The number of hydrogen-bond donors (Lipinski definition) is 2. The van der Waals surface area contributed by atoms with E-state index in [2.05, 4.69) is 9.71 Å². The van der Waals surface area contributed by atoms with Crippen LogP contribution in [0.1, 0.15) is 16.3 Å². The van der Waals surface area contributed by atoms with Crippen LogP contribution < -0.4 is 10.5 Å². The number of benzene rings is 1. The van der Waals surface area contributed by atoms with Crippen molar-refractivity contribution >= 4 is 27.0 Å². The Labute approximate surface area is 127 Å². The van der Waals surface area contributed by atoms with E-state index >= 15 is 0 Å². The van der Waals surface area contributed by atoms with Crippen molar-refractivity contribution in [3.8, 4) is 6.07 Å². The first-order chi connectivity index (χ1) is 9.92. The predicted molar refractivity (Wildman–Crippen MR) is 81.3 cm³/mol. The van der Waals surface area contributed by atoms with Crippen molar-refractivity contribution in [1.29, 1.82) is 5.26 Å². The van der Waals surface area contributed by atoms with Crippen LogP contribution in [0.2, 0.25) is 0 Å². The number of thiazole rings is 1. The Morgan fingerprint density at radius 3 is 2.86 bits per heavy atom. The average Bonchev–Trinajstić information content (AvgIpc) is 2.83. The molecule has 0 fully saturated rings. The third-order valence-electron chi connectivity index (χ3n) is 2.71. The lowest BCUT2D eigenvalue weighted by atomic mass is 10.2. The van der Waals surface area contributed by atoms with E-state index in [0.717, 1.165) is 10.7 Å². The molecule has 21 heavy (non-hydrogen) atoms. The number of hydrogen-bond acceptors (Lipinski definition) is 6. The topological polar surface area (TPSA) is 109 Å². The molecule has 0 atom stereocenters. The third-order valence-corrected chi connectivity index (χ3v) is 5.26. The van der Waals surface area contributed by atoms with Crippen molar-refractivity contribution in [2.45, 2.75) is 18.2 Å². The van der Waals surface area contributed by atoms with Crippen molar-refractivity contribution in [2.75, 3.05) is 12.3 Å². The standard InChI is InChI=1S/C13H14N4O2S2/c1-9-8-20-13(17-9)4-5-16-21(18,19)12-3-2-11(15)6-10(12)7-14/h2-3,6,8,16H,4-5,15H2,1H3. The Hall–Kier alpha value is -1.95. The minimum atomic E-state index is -3.73. The summed E-state index contributed by atoms with van der Waals surface area (Å²) in [6.45, 7) is 2.11. The zero-order chi connectivity index (χ0) is 15.5. The second-order valence-corrected chi connectivity index (χ2v) is 7.08. The smallest absolute Gasteiger partial charge is 0.241 e. The van der Waals surface area contributed by atoms with E-state index in [1.165, 1.54) is 29.5 Å². The summed E-state index contributed by atoms with van der Waals surface area (Å²) in [5.74, 6) is 0. The summed E-state index contributed by atoms with van der Waals surface area (Å²) in [5.41, 5.74) is 6.86. The van der Waals surface area contributed by atoms with Gasteiger partial charge in [-0.1, -0.05) is 0 Å². The molecule has 8 heteroatoms. The van der Waals surface area contributed by atoms with Gasteiger partial charge in [-0.15, -0.1) is 11.3 Å². The second-order valence-electron chi connectivity index (χ2n) is 4.40. The number of aryl methyl sites for hydroxylation is 1. The van der Waals surface area contributed by atoms with Gasteiger partial charge in [-0.2, -0.15) is 5.26 Å². The Morgan fingerprint density at radius 2 is 2.24 bits per heavy atom. The molecule has 0 radical (unpaired) electrons. The van der Waals surface area contributed by atoms with Crippen molar-refractivity contribution in [3.63, 3.8) is 0 Å². The number of sulfonamides is 1. The maximum Gasteiger partial charge on any atom is 0.241 e. The van der Waals surface area contributed by atoms with Crippen LogP contribution in [0.4, 0.5) is 5.69 Å².